The van der Waals surface area contributed by atoms with Crippen LogP contribution in [0.4, 0.5) is 10.6 Å². The first-order valence-corrected chi connectivity index (χ1v) is 9.61. The van der Waals surface area contributed by atoms with Crippen molar-refractivity contribution in [3.05, 3.63) is 46.8 Å². The van der Waals surface area contributed by atoms with Crippen LogP contribution in [-0.2, 0) is 6.42 Å². The molecule has 2 aromatic heterocycles. The summed E-state index contributed by atoms with van der Waals surface area (Å²) >= 11 is 1.75. The van der Waals surface area contributed by atoms with Crippen LogP contribution >= 0.6 is 11.3 Å². The highest BCUT2D eigenvalue weighted by molar-refractivity contribution is 7.09. The summed E-state index contributed by atoms with van der Waals surface area (Å²) in [4.78, 5) is 22.6. The molecule has 0 bridgehead atoms. The van der Waals surface area contributed by atoms with Crippen LogP contribution < -0.4 is 4.90 Å². The van der Waals surface area contributed by atoms with Crippen molar-refractivity contribution in [2.75, 3.05) is 18.5 Å². The second kappa shape index (κ2) is 8.29. The fourth-order valence-electron chi connectivity index (χ4n) is 3.29. The Kier molecular flexibility index (Phi) is 5.86. The van der Waals surface area contributed by atoms with Crippen molar-refractivity contribution in [3.63, 3.8) is 0 Å². The first-order valence-electron chi connectivity index (χ1n) is 8.73. The van der Waals surface area contributed by atoms with E-state index in [1.807, 2.05) is 35.0 Å². The van der Waals surface area contributed by atoms with Gasteiger partial charge in [0.15, 0.2) is 0 Å². The second-order valence-corrected chi connectivity index (χ2v) is 7.42. The normalized spacial score (nSPS) is 15.2. The molecule has 0 saturated heterocycles. The third-order valence-electron chi connectivity index (χ3n) is 4.64. The van der Waals surface area contributed by atoms with Gasteiger partial charge in [0, 0.05) is 30.7 Å². The van der Waals surface area contributed by atoms with Crippen LogP contribution in [0.25, 0.3) is 0 Å². The molecule has 2 heterocycles. The molecule has 0 atom stereocenters. The number of amides is 2. The van der Waals surface area contributed by atoms with Gasteiger partial charge in [-0.3, -0.25) is 4.90 Å². The maximum Gasteiger partial charge on any atom is 0.325 e. The van der Waals surface area contributed by atoms with Crippen molar-refractivity contribution >= 4 is 23.2 Å². The Morgan fingerprint density at radius 1 is 1.21 bits per heavy atom. The monoisotopic (exact) mass is 343 g/mol. The summed E-state index contributed by atoms with van der Waals surface area (Å²) in [5, 5.41) is 2.08. The van der Waals surface area contributed by atoms with Crippen molar-refractivity contribution in [1.82, 2.24) is 9.88 Å². The summed E-state index contributed by atoms with van der Waals surface area (Å²) in [7, 11) is 1.90. The molecule has 0 unspecified atom stereocenters. The van der Waals surface area contributed by atoms with E-state index in [0.717, 1.165) is 31.6 Å². The van der Waals surface area contributed by atoms with Crippen LogP contribution in [0, 0.1) is 0 Å². The minimum Gasteiger partial charge on any atom is -0.327 e. The number of anilines is 1. The molecule has 1 fully saturated rings. The van der Waals surface area contributed by atoms with Crippen LogP contribution in [-0.4, -0.2) is 35.5 Å². The maximum atomic E-state index is 13.1. The lowest BCUT2D eigenvalue weighted by atomic mass is 9.94. The average Bonchev–Trinajstić information content (AvgIpc) is 3.15. The van der Waals surface area contributed by atoms with Crippen molar-refractivity contribution in [3.8, 4) is 0 Å². The van der Waals surface area contributed by atoms with Crippen LogP contribution in [0.1, 0.15) is 37.0 Å². The van der Waals surface area contributed by atoms with Gasteiger partial charge in [0.2, 0.25) is 0 Å². The number of carbonyl (C=O) groups is 1. The molecule has 1 saturated carbocycles. The van der Waals surface area contributed by atoms with Crippen molar-refractivity contribution in [2.45, 2.75) is 44.6 Å². The molecule has 0 radical (unpaired) electrons. The lowest BCUT2D eigenvalue weighted by Gasteiger charge is -2.36. The second-order valence-electron chi connectivity index (χ2n) is 6.38. The topological polar surface area (TPSA) is 36.4 Å². The summed E-state index contributed by atoms with van der Waals surface area (Å²) in [5.41, 5.74) is 0. The van der Waals surface area contributed by atoms with E-state index in [-0.39, 0.29) is 12.1 Å². The molecule has 4 nitrogen and oxygen atoms in total. The molecule has 0 N–H and O–H groups in total. The molecule has 5 heteroatoms. The maximum absolute atomic E-state index is 13.1. The van der Waals surface area contributed by atoms with E-state index in [1.165, 1.54) is 24.1 Å². The van der Waals surface area contributed by atoms with Gasteiger partial charge in [-0.15, -0.1) is 11.3 Å². The Balaban J connectivity index is 1.72. The number of hydrogen-bond donors (Lipinski definition) is 0. The third kappa shape index (κ3) is 4.15. The smallest absolute Gasteiger partial charge is 0.325 e. The van der Waals surface area contributed by atoms with Gasteiger partial charge < -0.3 is 4.90 Å². The molecule has 0 spiro atoms. The standard InChI is InChI=1S/C19H25N3OS/c1-21(14-12-17-10-7-15-24-17)19(23)22(16-8-3-2-4-9-16)18-11-5-6-13-20-18/h5-7,10-11,13,15-16H,2-4,8-9,12,14H2,1H3. The number of carbonyl (C=O) groups excluding carboxylic acids is 1. The van der Waals surface area contributed by atoms with E-state index in [2.05, 4.69) is 22.5 Å². The fourth-order valence-corrected chi connectivity index (χ4v) is 3.99. The minimum absolute atomic E-state index is 0.0668. The van der Waals surface area contributed by atoms with Crippen molar-refractivity contribution in [1.29, 1.82) is 0 Å². The molecular formula is C19H25N3OS. The largest absolute Gasteiger partial charge is 0.327 e. The van der Waals surface area contributed by atoms with Crippen LogP contribution in [0.2, 0.25) is 0 Å². The number of urea groups is 1. The summed E-state index contributed by atoms with van der Waals surface area (Å²) in [5.74, 6) is 0.775. The van der Waals surface area contributed by atoms with Gasteiger partial charge in [-0.05, 0) is 42.8 Å². The molecule has 1 aliphatic carbocycles. The van der Waals surface area contributed by atoms with Crippen molar-refractivity contribution < 1.29 is 4.79 Å². The lowest BCUT2D eigenvalue weighted by molar-refractivity contribution is 0.210. The van der Waals surface area contributed by atoms with Crippen LogP contribution in [0.3, 0.4) is 0 Å². The van der Waals surface area contributed by atoms with Gasteiger partial charge in [0.1, 0.15) is 5.82 Å². The zero-order valence-corrected chi connectivity index (χ0v) is 15.0. The Hall–Kier alpha value is -1.88. The number of hydrogen-bond acceptors (Lipinski definition) is 3. The highest BCUT2D eigenvalue weighted by Gasteiger charge is 2.29. The quantitative estimate of drug-likeness (QED) is 0.797. The Bertz CT molecular complexity index is 623. The number of thiophene rings is 1. The average molecular weight is 343 g/mol. The predicted molar refractivity (Wildman–Crippen MR) is 99.6 cm³/mol. The highest BCUT2D eigenvalue weighted by atomic mass is 32.1. The third-order valence-corrected chi connectivity index (χ3v) is 5.58. The van der Waals surface area contributed by atoms with Gasteiger partial charge >= 0.3 is 6.03 Å². The van der Waals surface area contributed by atoms with E-state index in [0.29, 0.717) is 0 Å². The SMILES string of the molecule is CN(CCc1cccs1)C(=O)N(c1ccccn1)C1CCCCC1. The van der Waals surface area contributed by atoms with Crippen LogP contribution in [0.15, 0.2) is 41.9 Å². The molecular weight excluding hydrogens is 318 g/mol. The van der Waals surface area contributed by atoms with Crippen molar-refractivity contribution in [2.24, 2.45) is 0 Å². The summed E-state index contributed by atoms with van der Waals surface area (Å²) in [6.45, 7) is 0.732. The lowest BCUT2D eigenvalue weighted by Crippen LogP contribution is -2.48. The summed E-state index contributed by atoms with van der Waals surface area (Å²) in [6.07, 6.45) is 8.47. The van der Waals surface area contributed by atoms with E-state index in [4.69, 9.17) is 0 Å². The zero-order valence-electron chi connectivity index (χ0n) is 14.2. The number of rotatable bonds is 5. The van der Waals surface area contributed by atoms with E-state index < -0.39 is 0 Å². The Labute approximate surface area is 148 Å². The molecule has 0 aromatic carbocycles. The van der Waals surface area contributed by atoms with E-state index in [1.54, 1.807) is 17.5 Å². The predicted octanol–water partition coefficient (Wildman–Crippen LogP) is 4.58. The first kappa shape index (κ1) is 17.0. The van der Waals surface area contributed by atoms with E-state index in [9.17, 15) is 4.79 Å². The Morgan fingerprint density at radius 2 is 2.04 bits per heavy atom. The first-order chi connectivity index (χ1) is 11.8. The van der Waals surface area contributed by atoms with Gasteiger partial charge in [-0.25, -0.2) is 9.78 Å². The summed E-state index contributed by atoms with van der Waals surface area (Å²) < 4.78 is 0. The minimum atomic E-state index is 0.0668. The molecule has 0 aliphatic heterocycles. The van der Waals surface area contributed by atoms with Gasteiger partial charge in [-0.1, -0.05) is 31.4 Å². The summed E-state index contributed by atoms with van der Waals surface area (Å²) in [6, 6.07) is 10.3. The molecule has 1 aliphatic rings. The van der Waals surface area contributed by atoms with Crippen LogP contribution in [0.5, 0.6) is 0 Å². The zero-order chi connectivity index (χ0) is 16.8. The number of likely N-dealkylation sites (N-methyl/N-ethyl adjacent to an activating group) is 1. The molecule has 24 heavy (non-hydrogen) atoms. The Morgan fingerprint density at radius 3 is 2.71 bits per heavy atom. The fraction of sp³-hybridized carbons (Fsp3) is 0.474. The van der Waals surface area contributed by atoms with Gasteiger partial charge in [0.05, 0.1) is 0 Å². The number of pyridine rings is 1. The van der Waals surface area contributed by atoms with Gasteiger partial charge in [-0.2, -0.15) is 0 Å². The molecule has 3 rings (SSSR count). The van der Waals surface area contributed by atoms with E-state index >= 15 is 0 Å². The molecule has 128 valence electrons. The highest BCUT2D eigenvalue weighted by Crippen LogP contribution is 2.27. The molecule has 2 amide bonds. The molecule has 2 aromatic rings. The van der Waals surface area contributed by atoms with Gasteiger partial charge in [0.25, 0.3) is 0 Å². The number of nitrogens with zero attached hydrogens (tertiary/aromatic N) is 3. The number of aromatic nitrogens is 1.